The number of likely N-dealkylation sites (N-methyl/N-ethyl adjacent to an activating group) is 1. The molecule has 2 aliphatic rings. The van der Waals surface area contributed by atoms with E-state index in [0.29, 0.717) is 0 Å². The summed E-state index contributed by atoms with van der Waals surface area (Å²) >= 11 is 6.25. The lowest BCUT2D eigenvalue weighted by Gasteiger charge is -2.38. The molecule has 1 fully saturated rings. The molecule has 3 rings (SSSR count). The van der Waals surface area contributed by atoms with Gasteiger partial charge in [-0.25, -0.2) is 0 Å². The SMILES string of the molecule is CN1CCN(Cc2ccccc2Cl)CC1C1=NCCO1. The van der Waals surface area contributed by atoms with Gasteiger partial charge in [0.25, 0.3) is 0 Å². The van der Waals surface area contributed by atoms with Gasteiger partial charge in [0.2, 0.25) is 5.90 Å². The Balaban J connectivity index is 1.68. The number of piperazine rings is 1. The number of aliphatic imine (C=N–C) groups is 1. The van der Waals surface area contributed by atoms with Crippen LogP contribution >= 0.6 is 11.6 Å². The average Bonchev–Trinajstić information content (AvgIpc) is 2.97. The smallest absolute Gasteiger partial charge is 0.202 e. The molecule has 20 heavy (non-hydrogen) atoms. The molecule has 4 nitrogen and oxygen atoms in total. The third-order valence-corrected chi connectivity index (χ3v) is 4.35. The third-order valence-electron chi connectivity index (χ3n) is 3.98. The van der Waals surface area contributed by atoms with Gasteiger partial charge in [0.15, 0.2) is 0 Å². The Morgan fingerprint density at radius 2 is 2.20 bits per heavy atom. The first-order valence-electron chi connectivity index (χ1n) is 7.07. The highest BCUT2D eigenvalue weighted by Crippen LogP contribution is 2.20. The van der Waals surface area contributed by atoms with E-state index < -0.39 is 0 Å². The maximum Gasteiger partial charge on any atom is 0.202 e. The van der Waals surface area contributed by atoms with Gasteiger partial charge in [0.05, 0.1) is 12.6 Å². The van der Waals surface area contributed by atoms with Gasteiger partial charge in [0, 0.05) is 31.2 Å². The van der Waals surface area contributed by atoms with E-state index in [1.165, 1.54) is 5.56 Å². The van der Waals surface area contributed by atoms with Crippen LogP contribution in [0.4, 0.5) is 0 Å². The highest BCUT2D eigenvalue weighted by Gasteiger charge is 2.31. The summed E-state index contributed by atoms with van der Waals surface area (Å²) in [6.45, 7) is 5.43. The molecular weight excluding hydrogens is 274 g/mol. The van der Waals surface area contributed by atoms with Crippen LogP contribution in [-0.4, -0.2) is 61.6 Å². The number of halogens is 1. The van der Waals surface area contributed by atoms with Crippen molar-refractivity contribution in [2.24, 2.45) is 4.99 Å². The van der Waals surface area contributed by atoms with Crippen LogP contribution in [0.1, 0.15) is 5.56 Å². The lowest BCUT2D eigenvalue weighted by molar-refractivity contribution is 0.110. The van der Waals surface area contributed by atoms with Gasteiger partial charge in [-0.2, -0.15) is 0 Å². The molecule has 0 radical (unpaired) electrons. The van der Waals surface area contributed by atoms with Crippen molar-refractivity contribution in [3.63, 3.8) is 0 Å². The van der Waals surface area contributed by atoms with E-state index in [4.69, 9.17) is 16.3 Å². The average molecular weight is 294 g/mol. The van der Waals surface area contributed by atoms with Gasteiger partial charge in [-0.05, 0) is 18.7 Å². The Morgan fingerprint density at radius 3 is 2.95 bits per heavy atom. The fraction of sp³-hybridized carbons (Fsp3) is 0.533. The summed E-state index contributed by atoms with van der Waals surface area (Å²) in [7, 11) is 2.14. The molecule has 1 aromatic carbocycles. The maximum absolute atomic E-state index is 6.25. The number of rotatable bonds is 3. The molecular formula is C15H20ClN3O. The third kappa shape index (κ3) is 2.97. The van der Waals surface area contributed by atoms with E-state index in [1.54, 1.807) is 0 Å². The van der Waals surface area contributed by atoms with Crippen LogP contribution < -0.4 is 0 Å². The molecule has 5 heteroatoms. The summed E-state index contributed by atoms with van der Waals surface area (Å²) in [4.78, 5) is 9.22. The molecule has 0 spiro atoms. The summed E-state index contributed by atoms with van der Waals surface area (Å²) in [5.41, 5.74) is 1.19. The van der Waals surface area contributed by atoms with Crippen LogP contribution in [0.3, 0.4) is 0 Å². The number of nitrogens with zero attached hydrogens (tertiary/aromatic N) is 3. The highest BCUT2D eigenvalue weighted by molar-refractivity contribution is 6.31. The summed E-state index contributed by atoms with van der Waals surface area (Å²) in [5, 5.41) is 0.845. The Morgan fingerprint density at radius 1 is 1.35 bits per heavy atom. The molecule has 0 aliphatic carbocycles. The van der Waals surface area contributed by atoms with Gasteiger partial charge in [-0.1, -0.05) is 29.8 Å². The van der Waals surface area contributed by atoms with Crippen LogP contribution in [0.2, 0.25) is 5.02 Å². The molecule has 1 saturated heterocycles. The lowest BCUT2D eigenvalue weighted by atomic mass is 10.1. The molecule has 0 N–H and O–H groups in total. The van der Waals surface area contributed by atoms with Crippen molar-refractivity contribution in [1.82, 2.24) is 9.80 Å². The largest absolute Gasteiger partial charge is 0.478 e. The molecule has 2 heterocycles. The Kier molecular flexibility index (Phi) is 4.24. The number of hydrogen-bond donors (Lipinski definition) is 0. The first kappa shape index (κ1) is 13.9. The highest BCUT2D eigenvalue weighted by atomic mass is 35.5. The summed E-state index contributed by atoms with van der Waals surface area (Å²) in [6.07, 6.45) is 0. The predicted octanol–water partition coefficient (Wildman–Crippen LogP) is 1.88. The van der Waals surface area contributed by atoms with Gasteiger partial charge in [-0.15, -0.1) is 0 Å². The topological polar surface area (TPSA) is 28.1 Å². The zero-order valence-electron chi connectivity index (χ0n) is 11.8. The quantitative estimate of drug-likeness (QED) is 0.852. The van der Waals surface area contributed by atoms with Crippen LogP contribution in [0.5, 0.6) is 0 Å². The van der Waals surface area contributed by atoms with Crippen molar-refractivity contribution >= 4 is 17.5 Å². The van der Waals surface area contributed by atoms with E-state index in [-0.39, 0.29) is 6.04 Å². The maximum atomic E-state index is 6.25. The van der Waals surface area contributed by atoms with Crippen LogP contribution in [0, 0.1) is 0 Å². The minimum Gasteiger partial charge on any atom is -0.478 e. The van der Waals surface area contributed by atoms with Gasteiger partial charge in [0.1, 0.15) is 6.61 Å². The van der Waals surface area contributed by atoms with Crippen molar-refractivity contribution in [3.05, 3.63) is 34.9 Å². The van der Waals surface area contributed by atoms with Crippen LogP contribution in [0.15, 0.2) is 29.3 Å². The van der Waals surface area contributed by atoms with E-state index in [1.807, 2.05) is 18.2 Å². The second-order valence-electron chi connectivity index (χ2n) is 5.39. The minimum absolute atomic E-state index is 0.272. The van der Waals surface area contributed by atoms with Crippen molar-refractivity contribution in [3.8, 4) is 0 Å². The van der Waals surface area contributed by atoms with E-state index in [0.717, 1.165) is 50.3 Å². The molecule has 0 saturated carbocycles. The predicted molar refractivity (Wildman–Crippen MR) is 81.4 cm³/mol. The first-order chi connectivity index (χ1) is 9.74. The molecule has 1 aromatic rings. The minimum atomic E-state index is 0.272. The Bertz CT molecular complexity index is 506. The van der Waals surface area contributed by atoms with E-state index in [9.17, 15) is 0 Å². The van der Waals surface area contributed by atoms with Crippen molar-refractivity contribution in [2.75, 3.05) is 39.8 Å². The standard InChI is InChI=1S/C15H20ClN3O/c1-18-7-8-19(10-12-4-2-3-5-13(12)16)11-14(18)15-17-6-9-20-15/h2-5,14H,6-11H2,1H3. The van der Waals surface area contributed by atoms with Gasteiger partial charge in [-0.3, -0.25) is 14.8 Å². The summed E-state index contributed by atoms with van der Waals surface area (Å²) in [5.74, 6) is 0.899. The van der Waals surface area contributed by atoms with Gasteiger partial charge >= 0.3 is 0 Å². The fourth-order valence-corrected chi connectivity index (χ4v) is 2.96. The zero-order valence-corrected chi connectivity index (χ0v) is 12.5. The van der Waals surface area contributed by atoms with E-state index in [2.05, 4.69) is 27.9 Å². The lowest BCUT2D eigenvalue weighted by Crippen LogP contribution is -2.54. The number of hydrogen-bond acceptors (Lipinski definition) is 4. The Hall–Kier alpha value is -1.10. The molecule has 108 valence electrons. The molecule has 2 aliphatic heterocycles. The summed E-state index contributed by atoms with van der Waals surface area (Å²) < 4.78 is 5.64. The van der Waals surface area contributed by atoms with Crippen LogP contribution in [-0.2, 0) is 11.3 Å². The fourth-order valence-electron chi connectivity index (χ4n) is 2.76. The molecule has 1 atom stereocenters. The zero-order chi connectivity index (χ0) is 13.9. The first-order valence-corrected chi connectivity index (χ1v) is 7.45. The van der Waals surface area contributed by atoms with E-state index >= 15 is 0 Å². The second-order valence-corrected chi connectivity index (χ2v) is 5.80. The van der Waals surface area contributed by atoms with Crippen molar-refractivity contribution < 1.29 is 4.74 Å². The van der Waals surface area contributed by atoms with Crippen LogP contribution in [0.25, 0.3) is 0 Å². The van der Waals surface area contributed by atoms with Crippen molar-refractivity contribution in [2.45, 2.75) is 12.6 Å². The molecule has 0 bridgehead atoms. The van der Waals surface area contributed by atoms with Gasteiger partial charge < -0.3 is 4.74 Å². The van der Waals surface area contributed by atoms with Crippen molar-refractivity contribution in [1.29, 1.82) is 0 Å². The molecule has 0 amide bonds. The molecule has 0 aromatic heterocycles. The number of ether oxygens (including phenoxy) is 1. The number of benzene rings is 1. The molecule has 1 unspecified atom stereocenters. The Labute approximate surface area is 125 Å². The normalized spacial score (nSPS) is 24.5. The second kappa shape index (κ2) is 6.12. The summed E-state index contributed by atoms with van der Waals surface area (Å²) in [6, 6.07) is 8.33. The monoisotopic (exact) mass is 293 g/mol.